The minimum atomic E-state index is -1.20. The van der Waals surface area contributed by atoms with Gasteiger partial charge in [-0.15, -0.1) is 0 Å². The van der Waals surface area contributed by atoms with Crippen LogP contribution < -0.4 is 10.5 Å². The Morgan fingerprint density at radius 3 is 2.63 bits per heavy atom. The molecule has 3 nitrogen and oxygen atoms in total. The molecule has 2 aromatic carbocycles. The van der Waals surface area contributed by atoms with Crippen LogP contribution in [0.15, 0.2) is 51.8 Å². The third kappa shape index (κ3) is 3.16. The summed E-state index contributed by atoms with van der Waals surface area (Å²) in [5.41, 5.74) is 7.41. The van der Waals surface area contributed by atoms with Crippen molar-refractivity contribution < 1.29 is 8.95 Å². The lowest BCUT2D eigenvalue weighted by atomic mass is 10.2. The van der Waals surface area contributed by atoms with Gasteiger partial charge in [-0.3, -0.25) is 4.21 Å². The number of hydrogen-bond donors (Lipinski definition) is 1. The number of methoxy groups -OCH3 is 1. The van der Waals surface area contributed by atoms with Crippen LogP contribution in [-0.2, 0) is 16.6 Å². The van der Waals surface area contributed by atoms with E-state index in [1.807, 2.05) is 30.3 Å². The number of benzene rings is 2. The topological polar surface area (TPSA) is 52.3 Å². The van der Waals surface area contributed by atoms with E-state index in [0.29, 0.717) is 22.1 Å². The average molecular weight is 340 g/mol. The standard InChI is InChI=1S/C14H14BrNO2S/c1-18-13-7-2-3-8-14(13)19(17)9-10-11(15)5-4-6-12(10)16/h2-8H,9,16H2,1H3. The van der Waals surface area contributed by atoms with Gasteiger partial charge in [-0.1, -0.05) is 34.1 Å². The van der Waals surface area contributed by atoms with E-state index in [2.05, 4.69) is 15.9 Å². The van der Waals surface area contributed by atoms with Crippen LogP contribution in [-0.4, -0.2) is 11.3 Å². The van der Waals surface area contributed by atoms with Gasteiger partial charge in [0, 0.05) is 15.7 Å². The Morgan fingerprint density at radius 2 is 1.95 bits per heavy atom. The number of ether oxygens (including phenoxy) is 1. The van der Waals surface area contributed by atoms with E-state index in [1.54, 1.807) is 19.2 Å². The van der Waals surface area contributed by atoms with Crippen molar-refractivity contribution in [2.75, 3.05) is 12.8 Å². The molecule has 0 saturated carbocycles. The van der Waals surface area contributed by atoms with Gasteiger partial charge < -0.3 is 10.5 Å². The Balaban J connectivity index is 2.31. The van der Waals surface area contributed by atoms with Crippen LogP contribution in [0.5, 0.6) is 5.75 Å². The maximum Gasteiger partial charge on any atom is 0.134 e. The van der Waals surface area contributed by atoms with Crippen molar-refractivity contribution >= 4 is 32.4 Å². The monoisotopic (exact) mass is 339 g/mol. The molecule has 0 aliphatic rings. The maximum atomic E-state index is 12.5. The van der Waals surface area contributed by atoms with E-state index in [4.69, 9.17) is 10.5 Å². The summed E-state index contributed by atoms with van der Waals surface area (Å²) >= 11 is 3.44. The third-order valence-corrected chi connectivity index (χ3v) is 4.87. The normalized spacial score (nSPS) is 12.1. The van der Waals surface area contributed by atoms with Crippen molar-refractivity contribution in [2.45, 2.75) is 10.6 Å². The molecule has 1 unspecified atom stereocenters. The fourth-order valence-electron chi connectivity index (χ4n) is 1.74. The van der Waals surface area contributed by atoms with Crippen LogP contribution in [0.25, 0.3) is 0 Å². The second-order valence-corrected chi connectivity index (χ2v) is 6.22. The van der Waals surface area contributed by atoms with Crippen LogP contribution in [0, 0.1) is 0 Å². The molecule has 0 aromatic heterocycles. The first-order valence-corrected chi connectivity index (χ1v) is 7.79. The number of nitrogens with two attached hydrogens (primary N) is 1. The molecular weight excluding hydrogens is 326 g/mol. The summed E-state index contributed by atoms with van der Waals surface area (Å²) in [4.78, 5) is 0.681. The van der Waals surface area contributed by atoms with Gasteiger partial charge in [0.05, 0.1) is 28.6 Å². The zero-order valence-electron chi connectivity index (χ0n) is 10.4. The van der Waals surface area contributed by atoms with Crippen LogP contribution in [0.1, 0.15) is 5.56 Å². The second-order valence-electron chi connectivity index (χ2n) is 3.95. The SMILES string of the molecule is COc1ccccc1S(=O)Cc1c(N)cccc1Br. The Bertz CT molecular complexity index is 596. The Kier molecular flexibility index (Phi) is 4.61. The van der Waals surface area contributed by atoms with E-state index in [9.17, 15) is 4.21 Å². The predicted octanol–water partition coefficient (Wildman–Crippen LogP) is 3.35. The summed E-state index contributed by atoms with van der Waals surface area (Å²) in [5.74, 6) is 0.986. The summed E-state index contributed by atoms with van der Waals surface area (Å²) < 4.78 is 18.6. The minimum Gasteiger partial charge on any atom is -0.495 e. The third-order valence-electron chi connectivity index (χ3n) is 2.74. The highest BCUT2D eigenvalue weighted by atomic mass is 79.9. The van der Waals surface area contributed by atoms with Gasteiger partial charge in [0.1, 0.15) is 5.75 Å². The van der Waals surface area contributed by atoms with E-state index in [-0.39, 0.29) is 0 Å². The number of rotatable bonds is 4. The molecule has 0 aliphatic heterocycles. The molecule has 0 bridgehead atoms. The zero-order valence-corrected chi connectivity index (χ0v) is 12.8. The molecule has 19 heavy (non-hydrogen) atoms. The second kappa shape index (κ2) is 6.21. The molecule has 0 aliphatic carbocycles. The number of halogens is 1. The van der Waals surface area contributed by atoms with E-state index in [0.717, 1.165) is 10.0 Å². The fraction of sp³-hybridized carbons (Fsp3) is 0.143. The van der Waals surface area contributed by atoms with Crippen LogP contribution >= 0.6 is 15.9 Å². The molecule has 0 radical (unpaired) electrons. The first-order valence-electron chi connectivity index (χ1n) is 5.67. The lowest BCUT2D eigenvalue weighted by Gasteiger charge is -2.10. The van der Waals surface area contributed by atoms with Gasteiger partial charge in [-0.2, -0.15) is 0 Å². The molecule has 1 atom stereocenters. The molecule has 0 spiro atoms. The summed E-state index contributed by atoms with van der Waals surface area (Å²) in [6.45, 7) is 0. The molecule has 2 N–H and O–H groups in total. The molecule has 0 amide bonds. The van der Waals surface area contributed by atoms with Gasteiger partial charge in [-0.25, -0.2) is 0 Å². The van der Waals surface area contributed by atoms with Crippen molar-refractivity contribution in [2.24, 2.45) is 0 Å². The Hall–Kier alpha value is -1.33. The predicted molar refractivity (Wildman–Crippen MR) is 81.7 cm³/mol. The summed E-state index contributed by atoms with van der Waals surface area (Å²) in [7, 11) is 0.371. The van der Waals surface area contributed by atoms with Crippen LogP contribution in [0.2, 0.25) is 0 Å². The number of hydrogen-bond acceptors (Lipinski definition) is 3. The Morgan fingerprint density at radius 1 is 1.21 bits per heavy atom. The van der Waals surface area contributed by atoms with Crippen molar-refractivity contribution in [1.82, 2.24) is 0 Å². The van der Waals surface area contributed by atoms with Crippen molar-refractivity contribution in [3.05, 3.63) is 52.5 Å². The van der Waals surface area contributed by atoms with E-state index in [1.165, 1.54) is 0 Å². The van der Waals surface area contributed by atoms with Gasteiger partial charge in [0.2, 0.25) is 0 Å². The number of anilines is 1. The minimum absolute atomic E-state index is 0.355. The lowest BCUT2D eigenvalue weighted by Crippen LogP contribution is -2.03. The van der Waals surface area contributed by atoms with Crippen LogP contribution in [0.3, 0.4) is 0 Å². The van der Waals surface area contributed by atoms with Gasteiger partial charge in [-0.05, 0) is 24.3 Å². The average Bonchev–Trinajstić information content (AvgIpc) is 2.42. The van der Waals surface area contributed by atoms with Gasteiger partial charge in [0.25, 0.3) is 0 Å². The molecule has 0 fully saturated rings. The molecule has 2 rings (SSSR count). The fourth-order valence-corrected chi connectivity index (χ4v) is 3.80. The number of para-hydroxylation sites is 1. The van der Waals surface area contributed by atoms with Crippen molar-refractivity contribution in [1.29, 1.82) is 0 Å². The van der Waals surface area contributed by atoms with Crippen molar-refractivity contribution in [3.8, 4) is 5.75 Å². The molecular formula is C14H14BrNO2S. The first-order chi connectivity index (χ1) is 9.13. The maximum absolute atomic E-state index is 12.5. The lowest BCUT2D eigenvalue weighted by molar-refractivity contribution is 0.404. The van der Waals surface area contributed by atoms with Crippen molar-refractivity contribution in [3.63, 3.8) is 0 Å². The van der Waals surface area contributed by atoms with Gasteiger partial charge >= 0.3 is 0 Å². The smallest absolute Gasteiger partial charge is 0.134 e. The molecule has 2 aromatic rings. The summed E-state index contributed by atoms with van der Waals surface area (Å²) in [6.07, 6.45) is 0. The van der Waals surface area contributed by atoms with E-state index < -0.39 is 10.8 Å². The molecule has 5 heteroatoms. The Labute approximate surface area is 123 Å². The quantitative estimate of drug-likeness (QED) is 0.869. The first kappa shape index (κ1) is 14.1. The van der Waals surface area contributed by atoms with Crippen LogP contribution in [0.4, 0.5) is 5.69 Å². The largest absolute Gasteiger partial charge is 0.495 e. The molecule has 0 saturated heterocycles. The highest BCUT2D eigenvalue weighted by Gasteiger charge is 2.14. The highest BCUT2D eigenvalue weighted by Crippen LogP contribution is 2.28. The summed E-state index contributed by atoms with van der Waals surface area (Å²) in [5, 5.41) is 0. The van der Waals surface area contributed by atoms with Gasteiger partial charge in [0.15, 0.2) is 0 Å². The zero-order chi connectivity index (χ0) is 13.8. The summed E-state index contributed by atoms with van der Waals surface area (Å²) in [6, 6.07) is 12.9. The van der Waals surface area contributed by atoms with E-state index >= 15 is 0 Å². The molecule has 100 valence electrons. The molecule has 0 heterocycles. The highest BCUT2D eigenvalue weighted by molar-refractivity contribution is 9.10. The number of nitrogen functional groups attached to an aromatic ring is 1.